The van der Waals surface area contributed by atoms with Crippen molar-refractivity contribution in [3.63, 3.8) is 0 Å². The highest BCUT2D eigenvalue weighted by Gasteiger charge is 2.09. The van der Waals surface area contributed by atoms with Gasteiger partial charge in [0.25, 0.3) is 0 Å². The van der Waals surface area contributed by atoms with Gasteiger partial charge in [0.15, 0.2) is 6.29 Å². The predicted molar refractivity (Wildman–Crippen MR) is 83.9 cm³/mol. The number of hydrogen-bond donors (Lipinski definition) is 0. The lowest BCUT2D eigenvalue weighted by Crippen LogP contribution is -2.05. The molecule has 0 aliphatic rings. The summed E-state index contributed by atoms with van der Waals surface area (Å²) in [5, 5.41) is 4.35. The summed E-state index contributed by atoms with van der Waals surface area (Å²) in [6, 6.07) is 21.4. The third kappa shape index (κ3) is 3.41. The Morgan fingerprint density at radius 3 is 2.23 bits per heavy atom. The number of hydrogen-bond acceptors (Lipinski definition) is 3. The molecule has 4 heteroatoms. The molecule has 4 nitrogen and oxygen atoms in total. The zero-order valence-electron chi connectivity index (χ0n) is 12.1. The molecule has 0 radical (unpaired) electrons. The van der Waals surface area contributed by atoms with E-state index in [1.807, 2.05) is 60.7 Å². The minimum Gasteiger partial charge on any atom is -0.472 e. The second-order valence-corrected chi connectivity index (χ2v) is 4.94. The van der Waals surface area contributed by atoms with Crippen molar-refractivity contribution in [2.75, 3.05) is 0 Å². The topological polar surface area (TPSA) is 44.1 Å². The highest BCUT2D eigenvalue weighted by atomic mass is 16.5. The van der Waals surface area contributed by atoms with Crippen molar-refractivity contribution in [2.24, 2.45) is 0 Å². The summed E-state index contributed by atoms with van der Waals surface area (Å²) >= 11 is 0. The average Bonchev–Trinajstić information content (AvgIpc) is 2.97. The molecule has 0 fully saturated rings. The molecule has 3 aromatic rings. The maximum Gasteiger partial charge on any atom is 0.233 e. The van der Waals surface area contributed by atoms with E-state index in [0.717, 1.165) is 17.4 Å². The second kappa shape index (κ2) is 6.72. The maximum atomic E-state index is 11.2. The number of ether oxygens (including phenoxy) is 1. The summed E-state index contributed by atoms with van der Waals surface area (Å²) in [4.78, 5) is 11.2. The Labute approximate surface area is 129 Å². The van der Waals surface area contributed by atoms with Gasteiger partial charge in [0, 0.05) is 6.07 Å². The molecule has 0 N–H and O–H groups in total. The Hall–Kier alpha value is -2.88. The van der Waals surface area contributed by atoms with Crippen LogP contribution < -0.4 is 4.74 Å². The van der Waals surface area contributed by atoms with E-state index < -0.39 is 0 Å². The van der Waals surface area contributed by atoms with Crippen molar-refractivity contribution < 1.29 is 9.53 Å². The fraction of sp³-hybridized carbons (Fsp3) is 0.111. The van der Waals surface area contributed by atoms with E-state index in [-0.39, 0.29) is 0 Å². The number of rotatable bonds is 6. The van der Waals surface area contributed by atoms with E-state index in [9.17, 15) is 4.79 Å². The van der Waals surface area contributed by atoms with Gasteiger partial charge in [-0.1, -0.05) is 60.7 Å². The van der Waals surface area contributed by atoms with Crippen LogP contribution in [0, 0.1) is 0 Å². The van der Waals surface area contributed by atoms with Crippen LogP contribution in [0.3, 0.4) is 0 Å². The fourth-order valence-corrected chi connectivity index (χ4v) is 2.19. The van der Waals surface area contributed by atoms with Gasteiger partial charge in [-0.3, -0.25) is 9.48 Å². The second-order valence-electron chi connectivity index (χ2n) is 4.94. The van der Waals surface area contributed by atoms with Crippen LogP contribution in [0.4, 0.5) is 0 Å². The molecular weight excluding hydrogens is 276 g/mol. The molecule has 1 aromatic heterocycles. The monoisotopic (exact) mass is 292 g/mol. The Morgan fingerprint density at radius 1 is 0.955 bits per heavy atom. The molecule has 2 aromatic carbocycles. The summed E-state index contributed by atoms with van der Waals surface area (Å²) in [6.45, 7) is 0.977. The van der Waals surface area contributed by atoms with Crippen LogP contribution in [0.25, 0.3) is 0 Å². The van der Waals surface area contributed by atoms with Gasteiger partial charge in [-0.15, -0.1) is 5.10 Å². The SMILES string of the molecule is O=Cc1cc(OCc2ccccc2)nn1Cc1ccccc1. The molecule has 1 heterocycles. The van der Waals surface area contributed by atoms with Gasteiger partial charge < -0.3 is 4.74 Å². The molecule has 0 spiro atoms. The molecule has 110 valence electrons. The van der Waals surface area contributed by atoms with Crippen LogP contribution >= 0.6 is 0 Å². The molecule has 0 aliphatic carbocycles. The number of carbonyl (C=O) groups excluding carboxylic acids is 1. The summed E-state index contributed by atoms with van der Waals surface area (Å²) in [5.74, 6) is 0.460. The van der Waals surface area contributed by atoms with E-state index in [4.69, 9.17) is 4.74 Å². The van der Waals surface area contributed by atoms with Gasteiger partial charge in [0.1, 0.15) is 12.3 Å². The summed E-state index contributed by atoms with van der Waals surface area (Å²) in [5.41, 5.74) is 2.66. The molecule has 0 bridgehead atoms. The van der Waals surface area contributed by atoms with E-state index in [1.54, 1.807) is 10.7 Å². The van der Waals surface area contributed by atoms with Crippen molar-refractivity contribution in [1.82, 2.24) is 9.78 Å². The fourth-order valence-electron chi connectivity index (χ4n) is 2.19. The van der Waals surface area contributed by atoms with E-state index in [2.05, 4.69) is 5.10 Å². The molecule has 0 saturated carbocycles. The summed E-state index contributed by atoms with van der Waals surface area (Å²) in [6.07, 6.45) is 0.797. The maximum absolute atomic E-state index is 11.2. The number of aldehydes is 1. The molecule has 22 heavy (non-hydrogen) atoms. The third-order valence-corrected chi connectivity index (χ3v) is 3.31. The average molecular weight is 292 g/mol. The van der Waals surface area contributed by atoms with E-state index in [1.165, 1.54) is 0 Å². The quantitative estimate of drug-likeness (QED) is 0.655. The number of carbonyl (C=O) groups is 1. The highest BCUT2D eigenvalue weighted by molar-refractivity contribution is 5.72. The molecule has 0 unspecified atom stereocenters. The summed E-state index contributed by atoms with van der Waals surface area (Å²) in [7, 11) is 0. The van der Waals surface area contributed by atoms with Crippen LogP contribution in [-0.4, -0.2) is 16.1 Å². The van der Waals surface area contributed by atoms with E-state index in [0.29, 0.717) is 24.7 Å². The normalized spacial score (nSPS) is 10.4. The first kappa shape index (κ1) is 14.1. The molecule has 3 rings (SSSR count). The third-order valence-electron chi connectivity index (χ3n) is 3.31. The number of aromatic nitrogens is 2. The van der Waals surface area contributed by atoms with Crippen LogP contribution in [0.2, 0.25) is 0 Å². The molecule has 0 atom stereocenters. The zero-order chi connectivity index (χ0) is 15.2. The molecule has 0 amide bonds. The Balaban J connectivity index is 1.72. The van der Waals surface area contributed by atoms with Gasteiger partial charge in [-0.2, -0.15) is 0 Å². The predicted octanol–water partition coefficient (Wildman–Crippen LogP) is 3.32. The lowest BCUT2D eigenvalue weighted by atomic mass is 10.2. The Kier molecular flexibility index (Phi) is 4.30. The van der Waals surface area contributed by atoms with Crippen LogP contribution in [0.15, 0.2) is 66.7 Å². The van der Waals surface area contributed by atoms with Crippen LogP contribution in [0.1, 0.15) is 21.6 Å². The Morgan fingerprint density at radius 2 is 1.59 bits per heavy atom. The first-order valence-corrected chi connectivity index (χ1v) is 7.09. The van der Waals surface area contributed by atoms with Gasteiger partial charge in [0.05, 0.1) is 6.54 Å². The van der Waals surface area contributed by atoms with Crippen molar-refractivity contribution in [1.29, 1.82) is 0 Å². The van der Waals surface area contributed by atoms with Gasteiger partial charge in [-0.05, 0) is 11.1 Å². The number of benzene rings is 2. The highest BCUT2D eigenvalue weighted by Crippen LogP contribution is 2.14. The minimum atomic E-state index is 0.432. The number of nitrogens with zero attached hydrogens (tertiary/aromatic N) is 2. The van der Waals surface area contributed by atoms with Crippen LogP contribution in [0.5, 0.6) is 5.88 Å². The lowest BCUT2D eigenvalue weighted by Gasteiger charge is -2.04. The van der Waals surface area contributed by atoms with Crippen molar-refractivity contribution in [3.8, 4) is 5.88 Å². The van der Waals surface area contributed by atoms with Gasteiger partial charge >= 0.3 is 0 Å². The summed E-state index contributed by atoms with van der Waals surface area (Å²) < 4.78 is 7.32. The minimum absolute atomic E-state index is 0.432. The smallest absolute Gasteiger partial charge is 0.233 e. The largest absolute Gasteiger partial charge is 0.472 e. The van der Waals surface area contributed by atoms with Crippen molar-refractivity contribution in [3.05, 3.63) is 83.6 Å². The standard InChI is InChI=1S/C18H16N2O2/c21-13-17-11-18(22-14-16-9-5-2-6-10-16)19-20(17)12-15-7-3-1-4-8-15/h1-11,13H,12,14H2. The molecule has 0 saturated heterocycles. The molecule has 0 aliphatic heterocycles. The van der Waals surface area contributed by atoms with Gasteiger partial charge in [0.2, 0.25) is 5.88 Å². The Bertz CT molecular complexity index is 736. The first-order chi connectivity index (χ1) is 10.8. The lowest BCUT2D eigenvalue weighted by molar-refractivity contribution is 0.111. The van der Waals surface area contributed by atoms with Crippen molar-refractivity contribution >= 4 is 6.29 Å². The first-order valence-electron chi connectivity index (χ1n) is 7.09. The van der Waals surface area contributed by atoms with Crippen LogP contribution in [-0.2, 0) is 13.2 Å². The van der Waals surface area contributed by atoms with E-state index >= 15 is 0 Å². The zero-order valence-corrected chi connectivity index (χ0v) is 12.1. The van der Waals surface area contributed by atoms with Crippen molar-refractivity contribution in [2.45, 2.75) is 13.2 Å². The van der Waals surface area contributed by atoms with Gasteiger partial charge in [-0.25, -0.2) is 0 Å². The molecular formula is C18H16N2O2.